The summed E-state index contributed by atoms with van der Waals surface area (Å²) in [5.41, 5.74) is 13.4. The maximum atomic E-state index is 10.3. The number of benzene rings is 7. The van der Waals surface area contributed by atoms with Crippen molar-refractivity contribution in [1.29, 1.82) is 10.5 Å². The molecule has 0 unspecified atom stereocenters. The van der Waals surface area contributed by atoms with Crippen molar-refractivity contribution in [3.8, 4) is 35.1 Å². The van der Waals surface area contributed by atoms with E-state index in [9.17, 15) is 10.5 Å². The fourth-order valence-corrected chi connectivity index (χ4v) is 8.76. The van der Waals surface area contributed by atoms with Gasteiger partial charge in [0, 0.05) is 40.2 Å². The Morgan fingerprint density at radius 1 is 0.423 bits per heavy atom. The molecule has 0 saturated heterocycles. The monoisotopic (exact) mass is 662 g/mol. The largest absolute Gasteiger partial charge is 0.457 e. The Bertz CT molecular complexity index is 2570. The van der Waals surface area contributed by atoms with E-state index in [4.69, 9.17) is 9.47 Å². The summed E-state index contributed by atoms with van der Waals surface area (Å²) in [4.78, 5) is 4.53. The zero-order valence-electron chi connectivity index (χ0n) is 27.6. The van der Waals surface area contributed by atoms with Crippen LogP contribution in [0, 0.1) is 22.7 Å². The molecule has 52 heavy (non-hydrogen) atoms. The Balaban J connectivity index is 1.18. The summed E-state index contributed by atoms with van der Waals surface area (Å²) in [5.74, 6) is 2.40. The molecule has 0 N–H and O–H groups in total. The lowest BCUT2D eigenvalue weighted by atomic mass is 9.31. The topological polar surface area (TPSA) is 72.5 Å². The first-order valence-electron chi connectivity index (χ1n) is 17.3. The van der Waals surface area contributed by atoms with Crippen LogP contribution in [0.1, 0.15) is 11.1 Å². The predicted molar refractivity (Wildman–Crippen MR) is 208 cm³/mol. The smallest absolute Gasteiger partial charge is 0.256 e. The number of rotatable bonds is 2. The van der Waals surface area contributed by atoms with E-state index in [-0.39, 0.29) is 13.4 Å². The molecule has 0 radical (unpaired) electrons. The first-order valence-corrected chi connectivity index (χ1v) is 17.3. The molecule has 0 spiro atoms. The van der Waals surface area contributed by atoms with Crippen LogP contribution >= 0.6 is 0 Å². The molecule has 4 aliphatic rings. The van der Waals surface area contributed by atoms with Gasteiger partial charge in [0.25, 0.3) is 13.4 Å². The van der Waals surface area contributed by atoms with Gasteiger partial charge < -0.3 is 19.3 Å². The van der Waals surface area contributed by atoms with Crippen LogP contribution in [-0.2, 0) is 0 Å². The standard InChI is InChI=1S/C44H24B2N4O2/c47-25-27-19-21-37-41-43(27)51-39-24-40-34(23-33(39)45(41)31-15-7-9-17-35(31)49(37)29-11-3-1-4-12-29)46-32-16-8-10-18-36(32)50(30-13-5-2-6-14-30)38-22-20-28(26-48)44(52-40)42(38)46/h1-24H. The van der Waals surface area contributed by atoms with E-state index >= 15 is 0 Å². The molecule has 0 aliphatic carbocycles. The summed E-state index contributed by atoms with van der Waals surface area (Å²) in [5, 5.41) is 20.7. The van der Waals surface area contributed by atoms with Crippen molar-refractivity contribution >= 4 is 80.3 Å². The van der Waals surface area contributed by atoms with E-state index < -0.39 is 0 Å². The second-order valence-electron chi connectivity index (χ2n) is 13.4. The molecule has 0 fully saturated rings. The van der Waals surface area contributed by atoms with E-state index in [1.807, 2.05) is 66.7 Å². The van der Waals surface area contributed by atoms with Crippen molar-refractivity contribution in [2.24, 2.45) is 0 Å². The Kier molecular flexibility index (Phi) is 5.88. The minimum Gasteiger partial charge on any atom is -0.457 e. The van der Waals surface area contributed by atoms with Crippen LogP contribution < -0.4 is 52.1 Å². The maximum absolute atomic E-state index is 10.3. The van der Waals surface area contributed by atoms with Crippen molar-refractivity contribution in [1.82, 2.24) is 0 Å². The highest BCUT2D eigenvalue weighted by Gasteiger charge is 2.47. The lowest BCUT2D eigenvalue weighted by molar-refractivity contribution is 0.464. The number of fused-ring (bicyclic) bond motifs is 8. The number of nitrogens with zero attached hydrogens (tertiary/aromatic N) is 4. The van der Waals surface area contributed by atoms with Gasteiger partial charge in [-0.1, -0.05) is 78.9 Å². The summed E-state index contributed by atoms with van der Waals surface area (Å²) >= 11 is 0. The Morgan fingerprint density at radius 2 is 0.846 bits per heavy atom. The van der Waals surface area contributed by atoms with Crippen LogP contribution in [0.4, 0.5) is 34.1 Å². The molecular formula is C44H24B2N4O2. The summed E-state index contributed by atoms with van der Waals surface area (Å²) in [6, 6.07) is 54.5. The average molecular weight is 662 g/mol. The number of nitriles is 2. The van der Waals surface area contributed by atoms with Crippen LogP contribution in [0.15, 0.2) is 146 Å². The maximum Gasteiger partial charge on any atom is 0.256 e. The van der Waals surface area contributed by atoms with Gasteiger partial charge in [0.15, 0.2) is 0 Å². The molecule has 0 aromatic heterocycles. The summed E-state index contributed by atoms with van der Waals surface area (Å²) in [7, 11) is 0. The lowest BCUT2D eigenvalue weighted by Gasteiger charge is -2.42. The van der Waals surface area contributed by atoms with Crippen molar-refractivity contribution in [2.45, 2.75) is 0 Å². The molecule has 0 bridgehead atoms. The number of ether oxygens (including phenoxy) is 2. The van der Waals surface area contributed by atoms with Gasteiger partial charge >= 0.3 is 0 Å². The predicted octanol–water partition coefficient (Wildman–Crippen LogP) is 6.24. The number of hydrogen-bond donors (Lipinski definition) is 0. The second kappa shape index (κ2) is 10.7. The van der Waals surface area contributed by atoms with Gasteiger partial charge in [0.2, 0.25) is 0 Å². The third-order valence-electron chi connectivity index (χ3n) is 10.8. The normalized spacial score (nSPS) is 13.5. The molecule has 4 aliphatic heterocycles. The van der Waals surface area contributed by atoms with Crippen LogP contribution in [0.5, 0.6) is 23.0 Å². The molecule has 6 nitrogen and oxygen atoms in total. The highest BCUT2D eigenvalue weighted by atomic mass is 16.5. The number of hydrogen-bond acceptors (Lipinski definition) is 6. The molecule has 11 rings (SSSR count). The van der Waals surface area contributed by atoms with Crippen LogP contribution in [0.3, 0.4) is 0 Å². The Labute approximate surface area is 301 Å². The number of anilines is 6. The minimum absolute atomic E-state index is 0.200. The molecule has 238 valence electrons. The van der Waals surface area contributed by atoms with Gasteiger partial charge in [-0.15, -0.1) is 0 Å². The summed E-state index contributed by atoms with van der Waals surface area (Å²) < 4.78 is 13.6. The van der Waals surface area contributed by atoms with Crippen molar-refractivity contribution in [2.75, 3.05) is 9.80 Å². The highest BCUT2D eigenvalue weighted by Crippen LogP contribution is 2.45. The molecule has 8 heteroatoms. The number of para-hydroxylation sites is 4. The summed E-state index contributed by atoms with van der Waals surface area (Å²) in [6.07, 6.45) is 0. The molecule has 7 aromatic rings. The second-order valence-corrected chi connectivity index (χ2v) is 13.4. The van der Waals surface area contributed by atoms with E-state index in [1.165, 1.54) is 0 Å². The summed E-state index contributed by atoms with van der Waals surface area (Å²) in [6.45, 7) is -0.399. The van der Waals surface area contributed by atoms with E-state index in [1.54, 1.807) is 0 Å². The minimum atomic E-state index is -0.200. The SMILES string of the molecule is N#Cc1ccc2c3c1Oc1cc4c(cc1B3c1ccccc1N2c1ccccc1)B1c2ccccc2N(c2ccccc2)c2ccc(C#N)c(c21)O4. The van der Waals surface area contributed by atoms with Gasteiger partial charge in [-0.3, -0.25) is 0 Å². The molecule has 0 amide bonds. The van der Waals surface area contributed by atoms with Crippen molar-refractivity contribution in [3.63, 3.8) is 0 Å². The van der Waals surface area contributed by atoms with E-state index in [2.05, 4.69) is 101 Å². The molecule has 7 aromatic carbocycles. The average Bonchev–Trinajstić information content (AvgIpc) is 3.20. The van der Waals surface area contributed by atoms with Gasteiger partial charge in [-0.25, -0.2) is 0 Å². The fraction of sp³-hybridized carbons (Fsp3) is 0. The van der Waals surface area contributed by atoms with Gasteiger partial charge in [-0.05, 0) is 93.4 Å². The zero-order chi connectivity index (χ0) is 34.5. The molecule has 4 heterocycles. The van der Waals surface area contributed by atoms with Gasteiger partial charge in [0.1, 0.15) is 35.1 Å². The van der Waals surface area contributed by atoms with E-state index in [0.29, 0.717) is 34.1 Å². The van der Waals surface area contributed by atoms with Crippen molar-refractivity contribution in [3.05, 3.63) is 157 Å². The van der Waals surface area contributed by atoms with E-state index in [0.717, 1.165) is 66.9 Å². The van der Waals surface area contributed by atoms with Crippen LogP contribution in [0.25, 0.3) is 0 Å². The highest BCUT2D eigenvalue weighted by molar-refractivity contribution is 7.02. The van der Waals surface area contributed by atoms with Crippen molar-refractivity contribution < 1.29 is 9.47 Å². The third-order valence-corrected chi connectivity index (χ3v) is 10.8. The molecular weight excluding hydrogens is 638 g/mol. The zero-order valence-corrected chi connectivity index (χ0v) is 27.6. The fourth-order valence-electron chi connectivity index (χ4n) is 8.76. The first-order chi connectivity index (χ1) is 25.7. The van der Waals surface area contributed by atoms with Crippen LogP contribution in [0.2, 0.25) is 0 Å². The third kappa shape index (κ3) is 3.78. The molecule has 0 atom stereocenters. The first kappa shape index (κ1) is 28.7. The Morgan fingerprint density at radius 3 is 1.29 bits per heavy atom. The van der Waals surface area contributed by atoms with Gasteiger partial charge in [0.05, 0.1) is 11.1 Å². The Hall–Kier alpha value is -7.15. The molecule has 0 saturated carbocycles. The lowest BCUT2D eigenvalue weighted by Crippen LogP contribution is -2.63. The van der Waals surface area contributed by atoms with Gasteiger partial charge in [-0.2, -0.15) is 10.5 Å². The quantitative estimate of drug-likeness (QED) is 0.204. The van der Waals surface area contributed by atoms with Crippen LogP contribution in [-0.4, -0.2) is 13.4 Å².